The van der Waals surface area contributed by atoms with Gasteiger partial charge >= 0.3 is 0 Å². The molecule has 0 spiro atoms. The van der Waals surface area contributed by atoms with E-state index >= 15 is 0 Å². The first-order chi connectivity index (χ1) is 10.5. The lowest BCUT2D eigenvalue weighted by Gasteiger charge is -2.16. The summed E-state index contributed by atoms with van der Waals surface area (Å²) in [5.74, 6) is 0.340. The van der Waals surface area contributed by atoms with Crippen molar-refractivity contribution in [2.75, 3.05) is 27.2 Å². The van der Waals surface area contributed by atoms with Crippen molar-refractivity contribution < 1.29 is 4.79 Å². The molecule has 1 amide bonds. The zero-order chi connectivity index (χ0) is 15.7. The predicted octanol–water partition coefficient (Wildman–Crippen LogP) is 0.834. The number of hydrogen-bond donors (Lipinski definition) is 1. The molecule has 0 radical (unpaired) electrons. The summed E-state index contributed by atoms with van der Waals surface area (Å²) >= 11 is 0. The normalized spacial score (nSPS) is 18.8. The second-order valence-electron chi connectivity index (χ2n) is 6.14. The highest BCUT2D eigenvalue weighted by Crippen LogP contribution is 2.29. The lowest BCUT2D eigenvalue weighted by atomic mass is 10.0. The minimum absolute atomic E-state index is 0.00876. The summed E-state index contributed by atoms with van der Waals surface area (Å²) in [5.41, 5.74) is 2.88. The van der Waals surface area contributed by atoms with Crippen LogP contribution in [0.25, 0.3) is 0 Å². The number of nitrogens with zero attached hydrogens (tertiary/aromatic N) is 5. The maximum absolute atomic E-state index is 12.2. The number of aromatic nitrogens is 4. The third kappa shape index (κ3) is 2.89. The van der Waals surface area contributed by atoms with Gasteiger partial charge in [0.05, 0.1) is 23.7 Å². The highest BCUT2D eigenvalue weighted by Gasteiger charge is 2.29. The van der Waals surface area contributed by atoms with Crippen LogP contribution in [0.4, 0.5) is 0 Å². The van der Waals surface area contributed by atoms with Gasteiger partial charge in [-0.1, -0.05) is 0 Å². The quantitative estimate of drug-likeness (QED) is 0.908. The Bertz CT molecular complexity index is 659. The second kappa shape index (κ2) is 5.92. The smallest absolute Gasteiger partial charge is 0.256 e. The molecule has 7 heteroatoms. The van der Waals surface area contributed by atoms with Crippen LogP contribution < -0.4 is 0 Å². The maximum Gasteiger partial charge on any atom is 0.256 e. The van der Waals surface area contributed by atoms with Crippen LogP contribution in [-0.4, -0.2) is 62.9 Å². The van der Waals surface area contributed by atoms with E-state index in [9.17, 15) is 4.79 Å². The average molecular weight is 302 g/mol. The van der Waals surface area contributed by atoms with Gasteiger partial charge in [-0.2, -0.15) is 10.2 Å². The van der Waals surface area contributed by atoms with Crippen molar-refractivity contribution in [2.45, 2.75) is 18.9 Å². The molecule has 2 aromatic rings. The summed E-state index contributed by atoms with van der Waals surface area (Å²) in [4.78, 5) is 16.2. The number of hydrogen-bond acceptors (Lipinski definition) is 4. The molecular formula is C15H22N6O. The average Bonchev–Trinajstić information content (AvgIpc) is 3.18. The zero-order valence-electron chi connectivity index (χ0n) is 13.3. The summed E-state index contributed by atoms with van der Waals surface area (Å²) in [6, 6.07) is 0. The van der Waals surface area contributed by atoms with Gasteiger partial charge in [0.25, 0.3) is 5.91 Å². The Kier molecular flexibility index (Phi) is 3.98. The van der Waals surface area contributed by atoms with Gasteiger partial charge in [-0.05, 0) is 13.0 Å². The number of aryl methyl sites for hydroxylation is 1. The van der Waals surface area contributed by atoms with Crippen molar-refractivity contribution in [1.82, 2.24) is 29.8 Å². The first-order valence-electron chi connectivity index (χ1n) is 7.49. The molecule has 1 N–H and O–H groups in total. The lowest BCUT2D eigenvalue weighted by molar-refractivity contribution is 0.0826. The SMILES string of the molecule is CN(C)C(=O)c1cn[nH]c1C1CCN(Cc2cnn(C)c2)C1. The van der Waals surface area contributed by atoms with Crippen LogP contribution in [-0.2, 0) is 13.6 Å². The molecule has 0 aromatic carbocycles. The number of nitrogens with one attached hydrogen (secondary N) is 1. The first-order valence-corrected chi connectivity index (χ1v) is 7.49. The number of H-pyrrole nitrogens is 1. The molecule has 118 valence electrons. The van der Waals surface area contributed by atoms with Gasteiger partial charge in [0.2, 0.25) is 0 Å². The molecule has 0 bridgehead atoms. The lowest BCUT2D eigenvalue weighted by Crippen LogP contribution is -2.24. The molecule has 3 heterocycles. The summed E-state index contributed by atoms with van der Waals surface area (Å²) in [5, 5.41) is 11.3. The molecule has 1 atom stereocenters. The Balaban J connectivity index is 1.68. The number of amides is 1. The molecule has 1 aliphatic heterocycles. The van der Waals surface area contributed by atoms with Gasteiger partial charge in [0, 0.05) is 51.9 Å². The number of carbonyl (C=O) groups excluding carboxylic acids is 1. The molecule has 1 saturated heterocycles. The fourth-order valence-corrected chi connectivity index (χ4v) is 3.04. The number of carbonyl (C=O) groups is 1. The van der Waals surface area contributed by atoms with Crippen LogP contribution in [0.1, 0.15) is 34.0 Å². The van der Waals surface area contributed by atoms with Crippen molar-refractivity contribution in [1.29, 1.82) is 0 Å². The van der Waals surface area contributed by atoms with E-state index in [1.807, 2.05) is 24.1 Å². The number of aromatic amines is 1. The summed E-state index contributed by atoms with van der Waals surface area (Å²) < 4.78 is 1.83. The zero-order valence-corrected chi connectivity index (χ0v) is 13.3. The minimum atomic E-state index is 0.00876. The fraction of sp³-hybridized carbons (Fsp3) is 0.533. The monoisotopic (exact) mass is 302 g/mol. The van der Waals surface area contributed by atoms with Gasteiger partial charge < -0.3 is 4.90 Å². The van der Waals surface area contributed by atoms with Crippen molar-refractivity contribution in [3.05, 3.63) is 35.4 Å². The van der Waals surface area contributed by atoms with Gasteiger partial charge in [0.1, 0.15) is 0 Å². The number of likely N-dealkylation sites (tertiary alicyclic amines) is 1. The van der Waals surface area contributed by atoms with E-state index in [-0.39, 0.29) is 5.91 Å². The van der Waals surface area contributed by atoms with Crippen LogP contribution >= 0.6 is 0 Å². The van der Waals surface area contributed by atoms with Crippen molar-refractivity contribution in [3.63, 3.8) is 0 Å². The van der Waals surface area contributed by atoms with Crippen LogP contribution in [0.2, 0.25) is 0 Å². The van der Waals surface area contributed by atoms with Gasteiger partial charge in [-0.25, -0.2) is 0 Å². The van der Waals surface area contributed by atoms with E-state index in [4.69, 9.17) is 0 Å². The molecule has 0 saturated carbocycles. The van der Waals surface area contributed by atoms with Crippen molar-refractivity contribution in [3.8, 4) is 0 Å². The van der Waals surface area contributed by atoms with Crippen LogP contribution in [0.15, 0.2) is 18.6 Å². The standard InChI is InChI=1S/C15H22N6O/c1-19(2)15(22)13-7-16-18-14(13)12-4-5-21(10-12)9-11-6-17-20(3)8-11/h6-8,12H,4-5,9-10H2,1-3H3,(H,16,18). The van der Waals surface area contributed by atoms with E-state index in [0.29, 0.717) is 11.5 Å². The Hall–Kier alpha value is -2.15. The Morgan fingerprint density at radius 1 is 1.45 bits per heavy atom. The molecule has 1 aliphatic rings. The van der Waals surface area contributed by atoms with Gasteiger partial charge in [-0.3, -0.25) is 19.5 Å². The van der Waals surface area contributed by atoms with E-state index in [1.54, 1.807) is 25.2 Å². The van der Waals surface area contributed by atoms with E-state index in [1.165, 1.54) is 5.56 Å². The second-order valence-corrected chi connectivity index (χ2v) is 6.14. The molecule has 0 aliphatic carbocycles. The Labute approximate surface area is 129 Å². The molecule has 2 aromatic heterocycles. The van der Waals surface area contributed by atoms with Crippen molar-refractivity contribution >= 4 is 5.91 Å². The maximum atomic E-state index is 12.2. The molecular weight excluding hydrogens is 280 g/mol. The highest BCUT2D eigenvalue weighted by molar-refractivity contribution is 5.94. The molecule has 7 nitrogen and oxygen atoms in total. The van der Waals surface area contributed by atoms with Crippen molar-refractivity contribution in [2.24, 2.45) is 7.05 Å². The molecule has 1 fully saturated rings. The number of rotatable bonds is 4. The largest absolute Gasteiger partial charge is 0.345 e. The Morgan fingerprint density at radius 2 is 2.27 bits per heavy atom. The van der Waals surface area contributed by atoms with E-state index in [2.05, 4.69) is 20.2 Å². The van der Waals surface area contributed by atoms with Gasteiger partial charge in [0.15, 0.2) is 0 Å². The van der Waals surface area contributed by atoms with Crippen LogP contribution in [0, 0.1) is 0 Å². The summed E-state index contributed by atoms with van der Waals surface area (Å²) in [7, 11) is 5.46. The summed E-state index contributed by atoms with van der Waals surface area (Å²) in [6.45, 7) is 2.86. The third-order valence-corrected chi connectivity index (χ3v) is 4.15. The van der Waals surface area contributed by atoms with E-state index < -0.39 is 0 Å². The van der Waals surface area contributed by atoms with Crippen LogP contribution in [0.3, 0.4) is 0 Å². The third-order valence-electron chi connectivity index (χ3n) is 4.15. The molecule has 22 heavy (non-hydrogen) atoms. The van der Waals surface area contributed by atoms with Gasteiger partial charge in [-0.15, -0.1) is 0 Å². The first kappa shape index (κ1) is 14.8. The fourth-order valence-electron chi connectivity index (χ4n) is 3.04. The highest BCUT2D eigenvalue weighted by atomic mass is 16.2. The summed E-state index contributed by atoms with van der Waals surface area (Å²) in [6.07, 6.45) is 6.63. The molecule has 3 rings (SSSR count). The minimum Gasteiger partial charge on any atom is -0.345 e. The van der Waals surface area contributed by atoms with Crippen LogP contribution in [0.5, 0.6) is 0 Å². The topological polar surface area (TPSA) is 70.1 Å². The Morgan fingerprint density at radius 3 is 2.95 bits per heavy atom. The molecule has 1 unspecified atom stereocenters. The predicted molar refractivity (Wildman–Crippen MR) is 82.4 cm³/mol. The van der Waals surface area contributed by atoms with E-state index in [0.717, 1.165) is 31.7 Å².